The lowest BCUT2D eigenvalue weighted by atomic mass is 10.2. The van der Waals surface area contributed by atoms with Crippen LogP contribution in [0.2, 0.25) is 0 Å². The fraction of sp³-hybridized carbons (Fsp3) is 0.571. The normalized spacial score (nSPS) is 22.0. The number of nitrogens with two attached hydrogens (primary N) is 2. The van der Waals surface area contributed by atoms with Crippen LogP contribution in [-0.2, 0) is 9.53 Å². The quantitative estimate of drug-likeness (QED) is 0.611. The average Bonchev–Trinajstić information content (AvgIpc) is 3.18. The third-order valence-electron chi connectivity index (χ3n) is 3.98. The summed E-state index contributed by atoms with van der Waals surface area (Å²) in [6, 6.07) is -0.794. The maximum atomic E-state index is 10.7. The Morgan fingerprint density at radius 3 is 3.08 bits per heavy atom. The number of imidazole rings is 1. The molecule has 1 saturated heterocycles. The summed E-state index contributed by atoms with van der Waals surface area (Å²) in [5.74, 6) is 0.919. The predicted octanol–water partition coefficient (Wildman–Crippen LogP) is 0.621. The Morgan fingerprint density at radius 2 is 2.29 bits per heavy atom. The molecule has 2 aromatic rings. The topological polar surface area (TPSA) is 142 Å². The number of hydrogen-bond donors (Lipinski definition) is 3. The van der Waals surface area contributed by atoms with Gasteiger partial charge < -0.3 is 21.3 Å². The van der Waals surface area contributed by atoms with Gasteiger partial charge in [-0.25, -0.2) is 15.0 Å². The maximum absolute atomic E-state index is 10.7. The summed E-state index contributed by atoms with van der Waals surface area (Å²) in [5, 5.41) is 8.75. The molecule has 5 N–H and O–H groups in total. The zero-order valence-electron chi connectivity index (χ0n) is 13.0. The number of anilines is 1. The van der Waals surface area contributed by atoms with Crippen LogP contribution >= 0.6 is 11.8 Å². The monoisotopic (exact) mass is 352 g/mol. The first-order valence-corrected chi connectivity index (χ1v) is 8.86. The van der Waals surface area contributed by atoms with Gasteiger partial charge in [-0.2, -0.15) is 11.8 Å². The lowest BCUT2D eigenvalue weighted by molar-refractivity contribution is -0.138. The Hall–Kier alpha value is -1.91. The smallest absolute Gasteiger partial charge is 0.320 e. The van der Waals surface area contributed by atoms with E-state index in [9.17, 15) is 4.79 Å². The molecule has 3 heterocycles. The van der Waals surface area contributed by atoms with Gasteiger partial charge in [0, 0.05) is 5.75 Å². The van der Waals surface area contributed by atoms with Crippen LogP contribution < -0.4 is 11.5 Å². The van der Waals surface area contributed by atoms with E-state index in [1.807, 2.05) is 4.57 Å². The van der Waals surface area contributed by atoms with Crippen molar-refractivity contribution in [3.8, 4) is 0 Å². The van der Waals surface area contributed by atoms with Crippen LogP contribution in [0.15, 0.2) is 12.7 Å². The summed E-state index contributed by atoms with van der Waals surface area (Å²) < 4.78 is 7.95. The van der Waals surface area contributed by atoms with Crippen molar-refractivity contribution in [3.63, 3.8) is 0 Å². The molecule has 3 rings (SSSR count). The number of carboxylic acids is 1. The number of nitrogens with zero attached hydrogens (tertiary/aromatic N) is 4. The zero-order chi connectivity index (χ0) is 17.1. The molecule has 0 aliphatic carbocycles. The van der Waals surface area contributed by atoms with E-state index in [0.717, 1.165) is 18.6 Å². The van der Waals surface area contributed by atoms with Crippen LogP contribution in [-0.4, -0.2) is 54.2 Å². The van der Waals surface area contributed by atoms with Gasteiger partial charge in [-0.3, -0.25) is 9.36 Å². The summed E-state index contributed by atoms with van der Waals surface area (Å²) in [5.41, 5.74) is 12.5. The van der Waals surface area contributed by atoms with Gasteiger partial charge in [-0.05, 0) is 25.0 Å². The number of rotatable bonds is 7. The first-order chi connectivity index (χ1) is 11.6. The van der Waals surface area contributed by atoms with E-state index in [0.29, 0.717) is 29.2 Å². The molecule has 1 aliphatic rings. The molecule has 0 bridgehead atoms. The first kappa shape index (κ1) is 16.9. The van der Waals surface area contributed by atoms with E-state index in [2.05, 4.69) is 15.0 Å². The third kappa shape index (κ3) is 3.60. The Balaban J connectivity index is 1.52. The minimum atomic E-state index is -0.957. The second-order valence-corrected chi connectivity index (χ2v) is 6.83. The Kier molecular flexibility index (Phi) is 5.17. The second kappa shape index (κ2) is 7.32. The van der Waals surface area contributed by atoms with Crippen LogP contribution in [0.5, 0.6) is 0 Å². The molecule has 10 heteroatoms. The molecule has 9 nitrogen and oxygen atoms in total. The van der Waals surface area contributed by atoms with Crippen molar-refractivity contribution in [3.05, 3.63) is 12.7 Å². The van der Waals surface area contributed by atoms with Crippen molar-refractivity contribution in [1.82, 2.24) is 19.5 Å². The molecule has 1 fully saturated rings. The highest BCUT2D eigenvalue weighted by molar-refractivity contribution is 7.99. The van der Waals surface area contributed by atoms with E-state index in [4.69, 9.17) is 21.3 Å². The van der Waals surface area contributed by atoms with Crippen LogP contribution in [0.4, 0.5) is 5.82 Å². The van der Waals surface area contributed by atoms with Gasteiger partial charge in [0.15, 0.2) is 11.5 Å². The summed E-state index contributed by atoms with van der Waals surface area (Å²) in [4.78, 5) is 23.1. The fourth-order valence-electron chi connectivity index (χ4n) is 2.64. The number of ether oxygens (including phenoxy) is 1. The number of carboxylic acid groups (broad SMARTS) is 1. The number of thioether (sulfide) groups is 1. The summed E-state index contributed by atoms with van der Waals surface area (Å²) >= 11 is 1.66. The largest absolute Gasteiger partial charge is 0.480 e. The minimum Gasteiger partial charge on any atom is -0.480 e. The van der Waals surface area contributed by atoms with Crippen LogP contribution in [0.25, 0.3) is 11.2 Å². The SMILES string of the molecule is Nc1ncnc2c1ncn2[C@H]1CC[C@@H](CSCC[C@H](N)C(=O)O)O1. The van der Waals surface area contributed by atoms with Crippen molar-refractivity contribution in [1.29, 1.82) is 0 Å². The molecule has 0 amide bonds. The Bertz CT molecular complexity index is 724. The Labute approximate surface area is 142 Å². The number of aliphatic carboxylic acids is 1. The predicted molar refractivity (Wildman–Crippen MR) is 90.4 cm³/mol. The third-order valence-corrected chi connectivity index (χ3v) is 5.11. The first-order valence-electron chi connectivity index (χ1n) is 7.71. The van der Waals surface area contributed by atoms with Gasteiger partial charge >= 0.3 is 5.97 Å². The molecule has 0 radical (unpaired) electrons. The van der Waals surface area contributed by atoms with Crippen LogP contribution in [0, 0.1) is 0 Å². The number of aromatic nitrogens is 4. The fourth-order valence-corrected chi connectivity index (χ4v) is 3.74. The van der Waals surface area contributed by atoms with E-state index in [1.54, 1.807) is 18.1 Å². The van der Waals surface area contributed by atoms with Crippen molar-refractivity contribution in [2.45, 2.75) is 37.6 Å². The highest BCUT2D eigenvalue weighted by Crippen LogP contribution is 2.32. The van der Waals surface area contributed by atoms with Gasteiger partial charge in [0.1, 0.15) is 24.1 Å². The van der Waals surface area contributed by atoms with Crippen molar-refractivity contribution < 1.29 is 14.6 Å². The molecule has 0 unspecified atom stereocenters. The lowest BCUT2D eigenvalue weighted by Gasteiger charge is -2.15. The lowest BCUT2D eigenvalue weighted by Crippen LogP contribution is -2.30. The number of fused-ring (bicyclic) bond motifs is 1. The van der Waals surface area contributed by atoms with E-state index < -0.39 is 12.0 Å². The molecule has 1 aliphatic heterocycles. The number of nitrogen functional groups attached to an aromatic ring is 1. The molecule has 0 aromatic carbocycles. The summed E-state index contributed by atoms with van der Waals surface area (Å²) in [6.45, 7) is 0. The molecule has 3 atom stereocenters. The molecule has 24 heavy (non-hydrogen) atoms. The highest BCUT2D eigenvalue weighted by atomic mass is 32.2. The minimum absolute atomic E-state index is 0.115. The van der Waals surface area contributed by atoms with Crippen LogP contribution in [0.1, 0.15) is 25.5 Å². The van der Waals surface area contributed by atoms with Crippen molar-refractivity contribution in [2.75, 3.05) is 17.2 Å². The molecular weight excluding hydrogens is 332 g/mol. The molecule has 0 saturated carbocycles. The van der Waals surface area contributed by atoms with E-state index in [1.165, 1.54) is 6.33 Å². The van der Waals surface area contributed by atoms with Gasteiger partial charge in [-0.15, -0.1) is 0 Å². The summed E-state index contributed by atoms with van der Waals surface area (Å²) in [6.07, 6.45) is 5.37. The molecule has 130 valence electrons. The zero-order valence-corrected chi connectivity index (χ0v) is 13.9. The second-order valence-electron chi connectivity index (χ2n) is 5.68. The molecular formula is C14H20N6O3S. The average molecular weight is 352 g/mol. The van der Waals surface area contributed by atoms with Gasteiger partial charge in [0.05, 0.1) is 12.4 Å². The highest BCUT2D eigenvalue weighted by Gasteiger charge is 2.28. The van der Waals surface area contributed by atoms with Gasteiger partial charge in [0.25, 0.3) is 0 Å². The Morgan fingerprint density at radius 1 is 1.46 bits per heavy atom. The van der Waals surface area contributed by atoms with E-state index in [-0.39, 0.29) is 12.3 Å². The maximum Gasteiger partial charge on any atom is 0.320 e. The van der Waals surface area contributed by atoms with Crippen molar-refractivity contribution >= 4 is 34.7 Å². The van der Waals surface area contributed by atoms with E-state index >= 15 is 0 Å². The van der Waals surface area contributed by atoms with Gasteiger partial charge in [0.2, 0.25) is 0 Å². The molecule has 2 aromatic heterocycles. The molecule has 0 spiro atoms. The standard InChI is InChI=1S/C14H20N6O3S/c15-9(14(21)22)3-4-24-5-8-1-2-10(23-8)20-7-19-11-12(16)17-6-18-13(11)20/h6-10H,1-5,15H2,(H,21,22)(H2,16,17,18)/t8-,9-,10+/m0/s1. The number of carbonyl (C=O) groups is 1. The van der Waals surface area contributed by atoms with Gasteiger partial charge in [-0.1, -0.05) is 0 Å². The van der Waals surface area contributed by atoms with Crippen molar-refractivity contribution in [2.24, 2.45) is 5.73 Å². The summed E-state index contributed by atoms with van der Waals surface area (Å²) in [7, 11) is 0. The van der Waals surface area contributed by atoms with Crippen LogP contribution in [0.3, 0.4) is 0 Å². The number of hydrogen-bond acceptors (Lipinski definition) is 8.